The molecule has 0 saturated carbocycles. The molecule has 0 radical (unpaired) electrons. The number of halogens is 1. The van der Waals surface area contributed by atoms with Crippen molar-refractivity contribution in [3.8, 4) is 5.75 Å². The van der Waals surface area contributed by atoms with Gasteiger partial charge in [-0.25, -0.2) is 9.59 Å². The Bertz CT molecular complexity index is 963. The van der Waals surface area contributed by atoms with Crippen LogP contribution >= 0.6 is 11.6 Å². The maximum Gasteiger partial charge on any atom is 0.351 e. The van der Waals surface area contributed by atoms with Gasteiger partial charge in [-0.1, -0.05) is 18.2 Å². The number of rotatable bonds is 5. The van der Waals surface area contributed by atoms with Gasteiger partial charge in [-0.2, -0.15) is 0 Å². The second-order valence-corrected chi connectivity index (χ2v) is 5.79. The van der Waals surface area contributed by atoms with Gasteiger partial charge in [-0.3, -0.25) is 0 Å². The molecule has 0 amide bonds. The van der Waals surface area contributed by atoms with Gasteiger partial charge in [0.25, 0.3) is 0 Å². The number of carbonyl (C=O) groups is 1. The molecule has 0 fully saturated rings. The number of benzene rings is 2. The van der Waals surface area contributed by atoms with E-state index in [-0.39, 0.29) is 5.56 Å². The van der Waals surface area contributed by atoms with E-state index in [0.29, 0.717) is 29.1 Å². The first-order valence-corrected chi connectivity index (χ1v) is 8.28. The van der Waals surface area contributed by atoms with Crippen LogP contribution in [0.1, 0.15) is 21.5 Å². The van der Waals surface area contributed by atoms with E-state index in [2.05, 4.69) is 0 Å². The lowest BCUT2D eigenvalue weighted by Gasteiger charge is -2.06. The van der Waals surface area contributed by atoms with Gasteiger partial charge in [-0.05, 0) is 54.4 Å². The van der Waals surface area contributed by atoms with E-state index in [1.54, 1.807) is 30.3 Å². The van der Waals surface area contributed by atoms with Crippen molar-refractivity contribution in [1.29, 1.82) is 0 Å². The summed E-state index contributed by atoms with van der Waals surface area (Å²) in [6, 6.07) is 13.6. The molecule has 1 heterocycles. The number of fused-ring (bicyclic) bond motifs is 1. The van der Waals surface area contributed by atoms with Crippen molar-refractivity contribution in [3.05, 3.63) is 75.6 Å². The molecule has 0 atom stereocenters. The zero-order valence-electron chi connectivity index (χ0n) is 13.3. The summed E-state index contributed by atoms with van der Waals surface area (Å²) in [4.78, 5) is 24.4. The summed E-state index contributed by atoms with van der Waals surface area (Å²) < 4.78 is 10.5. The van der Waals surface area contributed by atoms with Crippen LogP contribution in [0.25, 0.3) is 11.0 Å². The number of hydrogen-bond donors (Lipinski definition) is 1. The standard InChI is InChI=1S/C19H16ClNO4/c20-11-13-3-6-17-14(9-13)10-16(19(23)25-17)18(22)24-15-4-1-12(2-5-15)7-8-21/h1-6,9-10H,7-8,11,21H2. The fraction of sp³-hybridized carbons (Fsp3) is 0.158. The number of esters is 1. The molecular formula is C19H16ClNO4. The zero-order chi connectivity index (χ0) is 17.8. The molecule has 0 aliphatic heterocycles. The Kier molecular flexibility index (Phi) is 5.16. The van der Waals surface area contributed by atoms with Crippen LogP contribution in [0.4, 0.5) is 0 Å². The monoisotopic (exact) mass is 357 g/mol. The Labute approximate surface area is 149 Å². The predicted octanol–water partition coefficient (Wildman–Crippen LogP) is 3.25. The summed E-state index contributed by atoms with van der Waals surface area (Å²) in [5.74, 6) is -0.0949. The van der Waals surface area contributed by atoms with Crippen LogP contribution in [0.5, 0.6) is 5.75 Å². The van der Waals surface area contributed by atoms with Gasteiger partial charge in [0.1, 0.15) is 16.9 Å². The summed E-state index contributed by atoms with van der Waals surface area (Å²) in [6.07, 6.45) is 0.741. The molecule has 3 rings (SSSR count). The molecule has 0 spiro atoms. The second-order valence-electron chi connectivity index (χ2n) is 5.53. The maximum absolute atomic E-state index is 12.3. The molecule has 5 nitrogen and oxygen atoms in total. The maximum atomic E-state index is 12.3. The quantitative estimate of drug-likeness (QED) is 0.328. The fourth-order valence-electron chi connectivity index (χ4n) is 2.45. The highest BCUT2D eigenvalue weighted by atomic mass is 35.5. The van der Waals surface area contributed by atoms with Gasteiger partial charge < -0.3 is 14.9 Å². The molecule has 2 N–H and O–H groups in total. The minimum absolute atomic E-state index is 0.162. The van der Waals surface area contributed by atoms with Crippen LogP contribution in [0.2, 0.25) is 0 Å². The average Bonchev–Trinajstić information content (AvgIpc) is 2.62. The van der Waals surface area contributed by atoms with Crippen LogP contribution < -0.4 is 16.1 Å². The number of ether oxygens (including phenoxy) is 1. The molecule has 2 aromatic carbocycles. The van der Waals surface area contributed by atoms with Gasteiger partial charge in [0, 0.05) is 11.3 Å². The Morgan fingerprint density at radius 2 is 1.80 bits per heavy atom. The SMILES string of the molecule is NCCc1ccc(OC(=O)c2cc3cc(CCl)ccc3oc2=O)cc1. The highest BCUT2D eigenvalue weighted by Crippen LogP contribution is 2.19. The van der Waals surface area contributed by atoms with Gasteiger partial charge in [0.05, 0.1) is 0 Å². The summed E-state index contributed by atoms with van der Waals surface area (Å²) in [5.41, 5.74) is 6.89. The van der Waals surface area contributed by atoms with Crippen LogP contribution in [-0.2, 0) is 12.3 Å². The molecule has 0 aliphatic carbocycles. The Hall–Kier alpha value is -2.63. The Balaban J connectivity index is 1.88. The van der Waals surface area contributed by atoms with Crippen molar-refractivity contribution in [2.24, 2.45) is 5.73 Å². The van der Waals surface area contributed by atoms with E-state index < -0.39 is 11.6 Å². The predicted molar refractivity (Wildman–Crippen MR) is 96.2 cm³/mol. The molecule has 0 bridgehead atoms. The molecule has 6 heteroatoms. The number of nitrogens with two attached hydrogens (primary N) is 1. The van der Waals surface area contributed by atoms with Crippen molar-refractivity contribution in [3.63, 3.8) is 0 Å². The third kappa shape index (κ3) is 3.90. The molecule has 0 unspecified atom stereocenters. The molecule has 25 heavy (non-hydrogen) atoms. The molecular weight excluding hydrogens is 342 g/mol. The molecule has 0 saturated heterocycles. The topological polar surface area (TPSA) is 82.5 Å². The summed E-state index contributed by atoms with van der Waals surface area (Å²) in [7, 11) is 0. The van der Waals surface area contributed by atoms with E-state index in [1.807, 2.05) is 12.1 Å². The van der Waals surface area contributed by atoms with Gasteiger partial charge in [0.15, 0.2) is 0 Å². The van der Waals surface area contributed by atoms with Crippen molar-refractivity contribution in [2.75, 3.05) is 6.54 Å². The van der Waals surface area contributed by atoms with Crippen LogP contribution in [0.3, 0.4) is 0 Å². The minimum atomic E-state index is -0.765. The first kappa shape index (κ1) is 17.2. The van der Waals surface area contributed by atoms with Crippen molar-refractivity contribution >= 4 is 28.5 Å². The molecule has 128 valence electrons. The lowest BCUT2D eigenvalue weighted by Crippen LogP contribution is -2.18. The van der Waals surface area contributed by atoms with E-state index in [4.69, 9.17) is 26.5 Å². The third-order valence-electron chi connectivity index (χ3n) is 3.74. The van der Waals surface area contributed by atoms with Gasteiger partial charge in [0.2, 0.25) is 0 Å². The lowest BCUT2D eigenvalue weighted by molar-refractivity contribution is 0.0730. The first-order chi connectivity index (χ1) is 12.1. The highest BCUT2D eigenvalue weighted by Gasteiger charge is 2.16. The Morgan fingerprint density at radius 3 is 2.48 bits per heavy atom. The fourth-order valence-corrected chi connectivity index (χ4v) is 2.62. The number of hydrogen-bond acceptors (Lipinski definition) is 5. The normalized spacial score (nSPS) is 10.8. The van der Waals surface area contributed by atoms with Crippen molar-refractivity contribution in [1.82, 2.24) is 0 Å². The molecule has 0 aliphatic rings. The van der Waals surface area contributed by atoms with Crippen molar-refractivity contribution in [2.45, 2.75) is 12.3 Å². The highest BCUT2D eigenvalue weighted by molar-refractivity contribution is 6.17. The summed E-state index contributed by atoms with van der Waals surface area (Å²) in [6.45, 7) is 0.543. The Morgan fingerprint density at radius 1 is 1.08 bits per heavy atom. The van der Waals surface area contributed by atoms with E-state index in [9.17, 15) is 9.59 Å². The van der Waals surface area contributed by atoms with E-state index >= 15 is 0 Å². The third-order valence-corrected chi connectivity index (χ3v) is 4.05. The zero-order valence-corrected chi connectivity index (χ0v) is 14.1. The summed E-state index contributed by atoms with van der Waals surface area (Å²) >= 11 is 5.81. The average molecular weight is 358 g/mol. The lowest BCUT2D eigenvalue weighted by atomic mass is 10.1. The minimum Gasteiger partial charge on any atom is -0.423 e. The number of alkyl halides is 1. The largest absolute Gasteiger partial charge is 0.423 e. The second kappa shape index (κ2) is 7.51. The van der Waals surface area contributed by atoms with Crippen LogP contribution in [-0.4, -0.2) is 12.5 Å². The van der Waals surface area contributed by atoms with Gasteiger partial charge in [-0.15, -0.1) is 11.6 Å². The van der Waals surface area contributed by atoms with Crippen LogP contribution in [0.15, 0.2) is 57.7 Å². The van der Waals surface area contributed by atoms with E-state index in [0.717, 1.165) is 17.5 Å². The molecule has 1 aromatic heterocycles. The number of carbonyl (C=O) groups excluding carboxylic acids is 1. The molecule has 3 aromatic rings. The smallest absolute Gasteiger partial charge is 0.351 e. The van der Waals surface area contributed by atoms with Gasteiger partial charge >= 0.3 is 11.6 Å². The first-order valence-electron chi connectivity index (χ1n) is 7.74. The summed E-state index contributed by atoms with van der Waals surface area (Å²) in [5, 5.41) is 0.614. The van der Waals surface area contributed by atoms with Crippen LogP contribution in [0, 0.1) is 0 Å². The van der Waals surface area contributed by atoms with E-state index in [1.165, 1.54) is 6.07 Å². The van der Waals surface area contributed by atoms with Crippen molar-refractivity contribution < 1.29 is 13.9 Å².